The number of amides is 2. The van der Waals surface area contributed by atoms with Gasteiger partial charge in [0, 0.05) is 6.54 Å². The third-order valence-corrected chi connectivity index (χ3v) is 2.38. The SMILES string of the molecule is C=CCNC(=O)NC(CC)(CC)C(=O)O. The molecule has 0 radical (unpaired) electrons. The first-order chi connectivity index (χ1) is 7.02. The molecule has 0 saturated carbocycles. The van der Waals surface area contributed by atoms with Crippen molar-refractivity contribution < 1.29 is 14.7 Å². The van der Waals surface area contributed by atoms with Gasteiger partial charge in [-0.15, -0.1) is 6.58 Å². The van der Waals surface area contributed by atoms with Crippen LogP contribution in [0.5, 0.6) is 0 Å². The lowest BCUT2D eigenvalue weighted by atomic mass is 9.93. The lowest BCUT2D eigenvalue weighted by molar-refractivity contribution is -0.144. The van der Waals surface area contributed by atoms with E-state index in [4.69, 9.17) is 5.11 Å². The van der Waals surface area contributed by atoms with E-state index in [-0.39, 0.29) is 0 Å². The molecule has 0 fully saturated rings. The van der Waals surface area contributed by atoms with E-state index < -0.39 is 17.5 Å². The second-order valence-corrected chi connectivity index (χ2v) is 3.22. The lowest BCUT2D eigenvalue weighted by Gasteiger charge is -2.27. The Morgan fingerprint density at radius 3 is 2.27 bits per heavy atom. The van der Waals surface area contributed by atoms with Crippen molar-refractivity contribution in [1.29, 1.82) is 0 Å². The van der Waals surface area contributed by atoms with Crippen molar-refractivity contribution in [3.8, 4) is 0 Å². The van der Waals surface area contributed by atoms with Gasteiger partial charge >= 0.3 is 12.0 Å². The van der Waals surface area contributed by atoms with Gasteiger partial charge in [-0.2, -0.15) is 0 Å². The number of carbonyl (C=O) groups excluding carboxylic acids is 1. The van der Waals surface area contributed by atoms with E-state index in [1.54, 1.807) is 13.8 Å². The molecule has 0 heterocycles. The Bertz CT molecular complexity index is 247. The van der Waals surface area contributed by atoms with Crippen LogP contribution in [0.4, 0.5) is 4.79 Å². The van der Waals surface area contributed by atoms with Crippen LogP contribution in [0.25, 0.3) is 0 Å². The van der Waals surface area contributed by atoms with Gasteiger partial charge in [-0.25, -0.2) is 9.59 Å². The van der Waals surface area contributed by atoms with E-state index in [1.807, 2.05) is 0 Å². The highest BCUT2D eigenvalue weighted by atomic mass is 16.4. The Labute approximate surface area is 89.6 Å². The number of urea groups is 1. The van der Waals surface area contributed by atoms with Crippen LogP contribution < -0.4 is 10.6 Å². The van der Waals surface area contributed by atoms with E-state index in [1.165, 1.54) is 6.08 Å². The van der Waals surface area contributed by atoms with Crippen LogP contribution in [-0.2, 0) is 4.79 Å². The Hall–Kier alpha value is -1.52. The molecule has 86 valence electrons. The second-order valence-electron chi connectivity index (χ2n) is 3.22. The molecule has 0 aromatic heterocycles. The number of hydrogen-bond donors (Lipinski definition) is 3. The van der Waals surface area contributed by atoms with E-state index in [0.29, 0.717) is 19.4 Å². The quantitative estimate of drug-likeness (QED) is 0.580. The molecular formula is C10H18N2O3. The van der Waals surface area contributed by atoms with Crippen LogP contribution >= 0.6 is 0 Å². The first-order valence-electron chi connectivity index (χ1n) is 4.92. The van der Waals surface area contributed by atoms with Gasteiger partial charge in [-0.1, -0.05) is 19.9 Å². The lowest BCUT2D eigenvalue weighted by Crippen LogP contribution is -2.56. The number of hydrogen-bond acceptors (Lipinski definition) is 2. The smallest absolute Gasteiger partial charge is 0.329 e. The molecule has 0 saturated heterocycles. The maximum absolute atomic E-state index is 11.3. The molecular weight excluding hydrogens is 196 g/mol. The molecule has 0 rings (SSSR count). The number of rotatable bonds is 6. The molecule has 0 aliphatic rings. The number of nitrogens with one attached hydrogen (secondary N) is 2. The summed E-state index contributed by atoms with van der Waals surface area (Å²) in [5.41, 5.74) is -1.18. The van der Waals surface area contributed by atoms with Gasteiger partial charge in [0.2, 0.25) is 0 Å². The van der Waals surface area contributed by atoms with Crippen LogP contribution in [0.2, 0.25) is 0 Å². The molecule has 0 atom stereocenters. The van der Waals surface area contributed by atoms with Gasteiger partial charge < -0.3 is 15.7 Å². The van der Waals surface area contributed by atoms with Gasteiger partial charge in [0.15, 0.2) is 0 Å². The standard InChI is InChI=1S/C10H18N2O3/c1-4-7-11-9(15)12-10(5-2,6-3)8(13)14/h4H,1,5-7H2,2-3H3,(H,13,14)(H2,11,12,15). The van der Waals surface area contributed by atoms with E-state index in [9.17, 15) is 9.59 Å². The summed E-state index contributed by atoms with van der Waals surface area (Å²) in [5, 5.41) is 14.0. The predicted octanol–water partition coefficient (Wildman–Crippen LogP) is 1.11. The van der Waals surface area contributed by atoms with Gasteiger partial charge in [-0.3, -0.25) is 0 Å². The fourth-order valence-electron chi connectivity index (χ4n) is 1.21. The minimum atomic E-state index is -1.18. The summed E-state index contributed by atoms with van der Waals surface area (Å²) in [4.78, 5) is 22.3. The average Bonchev–Trinajstić information content (AvgIpc) is 2.22. The molecule has 3 N–H and O–H groups in total. The molecule has 5 heteroatoms. The zero-order valence-corrected chi connectivity index (χ0v) is 9.17. The predicted molar refractivity (Wildman–Crippen MR) is 57.7 cm³/mol. The molecule has 15 heavy (non-hydrogen) atoms. The van der Waals surface area contributed by atoms with Gasteiger partial charge in [0.1, 0.15) is 5.54 Å². The number of carbonyl (C=O) groups is 2. The van der Waals surface area contributed by atoms with Crippen LogP contribution in [0.3, 0.4) is 0 Å². The fraction of sp³-hybridized carbons (Fsp3) is 0.600. The molecule has 0 spiro atoms. The van der Waals surface area contributed by atoms with E-state index >= 15 is 0 Å². The molecule has 0 aliphatic heterocycles. The van der Waals surface area contributed by atoms with E-state index in [0.717, 1.165) is 0 Å². The third kappa shape index (κ3) is 3.61. The van der Waals surface area contributed by atoms with E-state index in [2.05, 4.69) is 17.2 Å². The molecule has 0 aromatic carbocycles. The molecule has 2 amide bonds. The summed E-state index contributed by atoms with van der Waals surface area (Å²) in [6, 6.07) is -0.485. The van der Waals surface area contributed by atoms with Crippen LogP contribution in [0, 0.1) is 0 Å². The first-order valence-corrected chi connectivity index (χ1v) is 4.92. The first kappa shape index (κ1) is 13.5. The maximum Gasteiger partial charge on any atom is 0.329 e. The number of carboxylic acid groups (broad SMARTS) is 1. The van der Waals surface area contributed by atoms with Crippen LogP contribution in [0.15, 0.2) is 12.7 Å². The van der Waals surface area contributed by atoms with Crippen molar-refractivity contribution in [2.24, 2.45) is 0 Å². The summed E-state index contributed by atoms with van der Waals surface area (Å²) < 4.78 is 0. The van der Waals surface area contributed by atoms with Crippen LogP contribution in [-0.4, -0.2) is 29.2 Å². The van der Waals surface area contributed by atoms with Crippen molar-refractivity contribution >= 4 is 12.0 Å². The molecule has 5 nitrogen and oxygen atoms in total. The normalized spacial score (nSPS) is 10.5. The Balaban J connectivity index is 4.47. The highest BCUT2D eigenvalue weighted by Crippen LogP contribution is 2.14. The Morgan fingerprint density at radius 2 is 1.93 bits per heavy atom. The van der Waals surface area contributed by atoms with Crippen LogP contribution in [0.1, 0.15) is 26.7 Å². The molecule has 0 bridgehead atoms. The highest BCUT2D eigenvalue weighted by molar-refractivity contribution is 5.86. The van der Waals surface area contributed by atoms with Crippen molar-refractivity contribution in [1.82, 2.24) is 10.6 Å². The minimum absolute atomic E-state index is 0.314. The Morgan fingerprint density at radius 1 is 1.40 bits per heavy atom. The largest absolute Gasteiger partial charge is 0.480 e. The Kier molecular flexibility index (Phi) is 5.44. The van der Waals surface area contributed by atoms with Crippen molar-refractivity contribution in [2.45, 2.75) is 32.2 Å². The van der Waals surface area contributed by atoms with Crippen molar-refractivity contribution in [3.63, 3.8) is 0 Å². The second kappa shape index (κ2) is 6.06. The van der Waals surface area contributed by atoms with Crippen molar-refractivity contribution in [2.75, 3.05) is 6.54 Å². The number of carboxylic acids is 1. The highest BCUT2D eigenvalue weighted by Gasteiger charge is 2.36. The summed E-state index contributed by atoms with van der Waals surface area (Å²) in [7, 11) is 0. The molecule has 0 unspecified atom stereocenters. The average molecular weight is 214 g/mol. The van der Waals surface area contributed by atoms with Gasteiger partial charge in [0.05, 0.1) is 0 Å². The zero-order valence-electron chi connectivity index (χ0n) is 9.17. The summed E-state index contributed by atoms with van der Waals surface area (Å²) in [6.07, 6.45) is 2.22. The molecule has 0 aliphatic carbocycles. The summed E-state index contributed by atoms with van der Waals surface area (Å²) in [6.45, 7) is 7.22. The maximum atomic E-state index is 11.3. The fourth-order valence-corrected chi connectivity index (χ4v) is 1.21. The minimum Gasteiger partial charge on any atom is -0.480 e. The summed E-state index contributed by atoms with van der Waals surface area (Å²) in [5.74, 6) is -1.01. The monoisotopic (exact) mass is 214 g/mol. The molecule has 0 aromatic rings. The zero-order chi connectivity index (χ0) is 11.9. The van der Waals surface area contributed by atoms with Gasteiger partial charge in [0.25, 0.3) is 0 Å². The third-order valence-electron chi connectivity index (χ3n) is 2.38. The van der Waals surface area contributed by atoms with Gasteiger partial charge in [-0.05, 0) is 12.8 Å². The summed E-state index contributed by atoms with van der Waals surface area (Å²) >= 11 is 0. The topological polar surface area (TPSA) is 78.4 Å². The number of aliphatic carboxylic acids is 1. The van der Waals surface area contributed by atoms with Crippen molar-refractivity contribution in [3.05, 3.63) is 12.7 Å².